The summed E-state index contributed by atoms with van der Waals surface area (Å²) in [5, 5.41) is 1.30. The van der Waals surface area contributed by atoms with Gasteiger partial charge in [0.1, 0.15) is 0 Å². The van der Waals surface area contributed by atoms with E-state index in [1.807, 2.05) is 0 Å². The fraction of sp³-hybridized carbons (Fsp3) is 0.875. The van der Waals surface area contributed by atoms with Crippen LogP contribution in [0.25, 0.3) is 0 Å². The van der Waals surface area contributed by atoms with E-state index in [0.717, 1.165) is 6.42 Å². The molecule has 0 spiro atoms. The molecule has 1 unspecified atom stereocenters. The molecule has 4 nitrogen and oxygen atoms in total. The molecular formula is C8H15NO3. The third kappa shape index (κ3) is 2.37. The van der Waals surface area contributed by atoms with Crippen molar-refractivity contribution in [2.75, 3.05) is 19.8 Å². The maximum atomic E-state index is 11.1. The normalized spacial score (nSPS) is 23.8. The number of hydrogen-bond donors (Lipinski definition) is 0. The van der Waals surface area contributed by atoms with Crippen LogP contribution in [0, 0.1) is 5.92 Å². The first kappa shape index (κ1) is 9.32. The second-order valence-electron chi connectivity index (χ2n) is 2.99. The number of rotatable bonds is 1. The van der Waals surface area contributed by atoms with Gasteiger partial charge in [-0.05, 0) is 19.3 Å². The lowest BCUT2D eigenvalue weighted by molar-refractivity contribution is -0.168. The molecule has 1 saturated heterocycles. The van der Waals surface area contributed by atoms with Gasteiger partial charge in [-0.3, -0.25) is 4.84 Å². The van der Waals surface area contributed by atoms with Crippen molar-refractivity contribution in [2.24, 2.45) is 5.92 Å². The monoisotopic (exact) mass is 173 g/mol. The Labute approximate surface area is 72.4 Å². The molecule has 0 saturated carbocycles. The predicted molar refractivity (Wildman–Crippen MR) is 43.5 cm³/mol. The van der Waals surface area contributed by atoms with Gasteiger partial charge < -0.3 is 4.74 Å². The number of nitrogens with zero attached hydrogens (tertiary/aromatic N) is 1. The highest BCUT2D eigenvalue weighted by Gasteiger charge is 2.22. The average Bonchev–Trinajstić information content (AvgIpc) is 2.05. The minimum atomic E-state index is -0.371. The Morgan fingerprint density at radius 1 is 1.75 bits per heavy atom. The van der Waals surface area contributed by atoms with Crippen LogP contribution in [-0.4, -0.2) is 30.9 Å². The van der Waals surface area contributed by atoms with Crippen molar-refractivity contribution in [3.8, 4) is 0 Å². The molecule has 1 aliphatic rings. The standard InChI is InChI=1S/C8H15NO3/c1-3-11-8(10)9-6-7(2)4-5-12-9/h7H,3-6H2,1-2H3. The van der Waals surface area contributed by atoms with Gasteiger partial charge in [0.2, 0.25) is 0 Å². The van der Waals surface area contributed by atoms with Crippen LogP contribution in [0.4, 0.5) is 4.79 Å². The van der Waals surface area contributed by atoms with Crippen LogP contribution in [-0.2, 0) is 9.57 Å². The number of hydrogen-bond acceptors (Lipinski definition) is 3. The van der Waals surface area contributed by atoms with Gasteiger partial charge in [-0.1, -0.05) is 6.92 Å². The van der Waals surface area contributed by atoms with Gasteiger partial charge in [0, 0.05) is 0 Å². The highest BCUT2D eigenvalue weighted by molar-refractivity contribution is 5.66. The molecule has 1 heterocycles. The van der Waals surface area contributed by atoms with E-state index in [0.29, 0.717) is 25.7 Å². The van der Waals surface area contributed by atoms with E-state index < -0.39 is 0 Å². The van der Waals surface area contributed by atoms with Gasteiger partial charge >= 0.3 is 6.09 Å². The maximum absolute atomic E-state index is 11.1. The summed E-state index contributed by atoms with van der Waals surface area (Å²) in [6, 6.07) is 0. The molecular weight excluding hydrogens is 158 g/mol. The van der Waals surface area contributed by atoms with Gasteiger partial charge in [0.15, 0.2) is 0 Å². The van der Waals surface area contributed by atoms with E-state index in [9.17, 15) is 4.79 Å². The Kier molecular flexibility index (Phi) is 3.34. The molecule has 1 aliphatic heterocycles. The summed E-state index contributed by atoms with van der Waals surface area (Å²) in [5.74, 6) is 0.503. The predicted octanol–water partition coefficient (Wildman–Crippen LogP) is 1.42. The molecule has 0 aromatic rings. The fourth-order valence-electron chi connectivity index (χ4n) is 1.11. The van der Waals surface area contributed by atoms with Crippen molar-refractivity contribution in [1.82, 2.24) is 5.06 Å². The molecule has 0 aromatic carbocycles. The molecule has 0 aromatic heterocycles. The lowest BCUT2D eigenvalue weighted by Gasteiger charge is -2.28. The second-order valence-corrected chi connectivity index (χ2v) is 2.99. The molecule has 0 N–H and O–H groups in total. The second kappa shape index (κ2) is 4.30. The molecule has 1 atom stereocenters. The van der Waals surface area contributed by atoms with E-state index >= 15 is 0 Å². The van der Waals surface area contributed by atoms with Gasteiger partial charge in [0.25, 0.3) is 0 Å². The van der Waals surface area contributed by atoms with Crippen LogP contribution in [0.15, 0.2) is 0 Å². The molecule has 70 valence electrons. The number of amides is 1. The zero-order chi connectivity index (χ0) is 8.97. The van der Waals surface area contributed by atoms with Crippen molar-refractivity contribution in [1.29, 1.82) is 0 Å². The van der Waals surface area contributed by atoms with Crippen molar-refractivity contribution in [3.05, 3.63) is 0 Å². The Morgan fingerprint density at radius 2 is 2.50 bits per heavy atom. The van der Waals surface area contributed by atoms with E-state index in [2.05, 4.69) is 6.92 Å². The van der Waals surface area contributed by atoms with Crippen LogP contribution in [0.1, 0.15) is 20.3 Å². The van der Waals surface area contributed by atoms with Gasteiger partial charge in [-0.25, -0.2) is 4.79 Å². The van der Waals surface area contributed by atoms with E-state index in [-0.39, 0.29) is 6.09 Å². The Balaban J connectivity index is 2.35. The molecule has 0 aliphatic carbocycles. The van der Waals surface area contributed by atoms with Gasteiger partial charge in [-0.2, -0.15) is 5.06 Å². The van der Waals surface area contributed by atoms with Crippen LogP contribution in [0.5, 0.6) is 0 Å². The minimum absolute atomic E-state index is 0.371. The highest BCUT2D eigenvalue weighted by atomic mass is 16.7. The van der Waals surface area contributed by atoms with Crippen molar-refractivity contribution < 1.29 is 14.4 Å². The van der Waals surface area contributed by atoms with Gasteiger partial charge in [-0.15, -0.1) is 0 Å². The molecule has 4 heteroatoms. The smallest absolute Gasteiger partial charge is 0.433 e. The SMILES string of the molecule is CCOC(=O)N1CC(C)CCO1. The molecule has 1 fully saturated rings. The third-order valence-electron chi connectivity index (χ3n) is 1.81. The molecule has 12 heavy (non-hydrogen) atoms. The topological polar surface area (TPSA) is 38.8 Å². The van der Waals surface area contributed by atoms with E-state index in [1.54, 1.807) is 6.92 Å². The number of carbonyl (C=O) groups excluding carboxylic acids is 1. The van der Waals surface area contributed by atoms with Crippen molar-refractivity contribution >= 4 is 6.09 Å². The third-order valence-corrected chi connectivity index (χ3v) is 1.81. The van der Waals surface area contributed by atoms with Gasteiger partial charge in [0.05, 0.1) is 19.8 Å². The summed E-state index contributed by atoms with van der Waals surface area (Å²) in [7, 11) is 0. The first-order valence-corrected chi connectivity index (χ1v) is 4.31. The zero-order valence-corrected chi connectivity index (χ0v) is 7.58. The molecule has 1 amide bonds. The van der Waals surface area contributed by atoms with Crippen LogP contribution in [0.2, 0.25) is 0 Å². The summed E-state index contributed by atoms with van der Waals surface area (Å²) in [6.45, 7) is 5.52. The molecule has 0 bridgehead atoms. The van der Waals surface area contributed by atoms with E-state index in [1.165, 1.54) is 5.06 Å². The highest BCUT2D eigenvalue weighted by Crippen LogP contribution is 2.13. The molecule has 0 radical (unpaired) electrons. The first-order chi connectivity index (χ1) is 5.74. The minimum Gasteiger partial charge on any atom is -0.448 e. The van der Waals surface area contributed by atoms with Crippen molar-refractivity contribution in [2.45, 2.75) is 20.3 Å². The fourth-order valence-corrected chi connectivity index (χ4v) is 1.11. The largest absolute Gasteiger partial charge is 0.448 e. The summed E-state index contributed by atoms with van der Waals surface area (Å²) in [5.41, 5.74) is 0. The van der Waals surface area contributed by atoms with Crippen LogP contribution >= 0.6 is 0 Å². The van der Waals surface area contributed by atoms with Crippen LogP contribution < -0.4 is 0 Å². The van der Waals surface area contributed by atoms with E-state index in [4.69, 9.17) is 9.57 Å². The zero-order valence-electron chi connectivity index (χ0n) is 7.58. The summed E-state index contributed by atoms with van der Waals surface area (Å²) in [6.07, 6.45) is 0.639. The van der Waals surface area contributed by atoms with Crippen molar-refractivity contribution in [3.63, 3.8) is 0 Å². The lowest BCUT2D eigenvalue weighted by Crippen LogP contribution is -2.39. The molecule has 1 rings (SSSR count). The summed E-state index contributed by atoms with van der Waals surface area (Å²) >= 11 is 0. The number of carbonyl (C=O) groups is 1. The quantitative estimate of drug-likeness (QED) is 0.602. The Morgan fingerprint density at radius 3 is 3.08 bits per heavy atom. The average molecular weight is 173 g/mol. The number of hydroxylamine groups is 2. The first-order valence-electron chi connectivity index (χ1n) is 4.31. The Hall–Kier alpha value is -0.770. The Bertz CT molecular complexity index is 160. The number of ether oxygens (including phenoxy) is 1. The summed E-state index contributed by atoms with van der Waals surface area (Å²) in [4.78, 5) is 16.2. The summed E-state index contributed by atoms with van der Waals surface area (Å²) < 4.78 is 4.79. The lowest BCUT2D eigenvalue weighted by atomic mass is 10.1. The van der Waals surface area contributed by atoms with Crippen LogP contribution in [0.3, 0.4) is 0 Å². The maximum Gasteiger partial charge on any atom is 0.433 e.